The van der Waals surface area contributed by atoms with Gasteiger partial charge < -0.3 is 20.3 Å². The molecule has 2 aromatic rings. The Morgan fingerprint density at radius 3 is 2.78 bits per heavy atom. The van der Waals surface area contributed by atoms with Crippen molar-refractivity contribution in [3.05, 3.63) is 53.8 Å². The number of halogens is 1. The molecule has 0 unspecified atom stereocenters. The second-order valence-corrected chi connectivity index (χ2v) is 6.29. The zero-order valence-corrected chi connectivity index (χ0v) is 15.1. The molecule has 0 atom stereocenters. The van der Waals surface area contributed by atoms with Gasteiger partial charge in [0, 0.05) is 30.8 Å². The van der Waals surface area contributed by atoms with Gasteiger partial charge in [-0.15, -0.1) is 0 Å². The second-order valence-electron chi connectivity index (χ2n) is 6.29. The van der Waals surface area contributed by atoms with Gasteiger partial charge in [-0.3, -0.25) is 4.79 Å². The number of anilines is 2. The molecule has 0 aliphatic carbocycles. The van der Waals surface area contributed by atoms with Gasteiger partial charge in [0.25, 0.3) is 0 Å². The average Bonchev–Trinajstić information content (AvgIpc) is 2.68. The first-order valence-electron chi connectivity index (χ1n) is 8.85. The Labute approximate surface area is 157 Å². The highest BCUT2D eigenvalue weighted by Gasteiger charge is 2.23. The number of urea groups is 1. The Morgan fingerprint density at radius 1 is 1.22 bits per heavy atom. The van der Waals surface area contributed by atoms with Crippen LogP contribution in [0.15, 0.2) is 42.5 Å². The van der Waals surface area contributed by atoms with Crippen molar-refractivity contribution < 1.29 is 18.7 Å². The molecule has 0 bridgehead atoms. The Kier molecular flexibility index (Phi) is 5.90. The van der Waals surface area contributed by atoms with Gasteiger partial charge in [-0.25, -0.2) is 9.18 Å². The number of methoxy groups -OCH3 is 1. The molecule has 2 aromatic carbocycles. The zero-order valence-electron chi connectivity index (χ0n) is 15.1. The first-order chi connectivity index (χ1) is 13.1. The topological polar surface area (TPSA) is 70.7 Å². The molecule has 6 nitrogen and oxygen atoms in total. The molecular formula is C20H22FN3O3. The molecular weight excluding hydrogens is 349 g/mol. The molecule has 142 valence electrons. The fourth-order valence-electron chi connectivity index (χ4n) is 3.03. The van der Waals surface area contributed by atoms with E-state index < -0.39 is 6.03 Å². The van der Waals surface area contributed by atoms with Gasteiger partial charge in [0.2, 0.25) is 5.91 Å². The molecule has 1 aliphatic heterocycles. The van der Waals surface area contributed by atoms with Crippen molar-refractivity contribution in [3.63, 3.8) is 0 Å². The second kappa shape index (κ2) is 8.53. The largest absolute Gasteiger partial charge is 0.495 e. The fourth-order valence-corrected chi connectivity index (χ4v) is 3.03. The Bertz CT molecular complexity index is 841. The maximum atomic E-state index is 13.6. The summed E-state index contributed by atoms with van der Waals surface area (Å²) >= 11 is 0. The van der Waals surface area contributed by atoms with Crippen LogP contribution in [0, 0.1) is 5.82 Å². The first kappa shape index (κ1) is 18.7. The number of hydrogen-bond acceptors (Lipinski definition) is 3. The molecule has 0 aromatic heterocycles. The third kappa shape index (κ3) is 4.55. The number of nitrogens with one attached hydrogen (secondary N) is 2. The van der Waals surface area contributed by atoms with Crippen LogP contribution in [0.1, 0.15) is 24.8 Å². The summed E-state index contributed by atoms with van der Waals surface area (Å²) in [6.07, 6.45) is 2.31. The quantitative estimate of drug-likeness (QED) is 0.842. The van der Waals surface area contributed by atoms with Gasteiger partial charge in [-0.2, -0.15) is 0 Å². The van der Waals surface area contributed by atoms with Crippen LogP contribution in [0.5, 0.6) is 5.75 Å². The van der Waals surface area contributed by atoms with Crippen LogP contribution >= 0.6 is 0 Å². The van der Waals surface area contributed by atoms with Crippen molar-refractivity contribution in [2.45, 2.75) is 25.8 Å². The standard InChI is InChI=1S/C20H22FN3O3/c1-27-18-10-9-15(12-17(18)24-11-5-4-8-19(24)25)23-20(26)22-13-14-6-2-3-7-16(14)21/h2-3,6-7,9-10,12H,4-5,8,11,13H2,1H3,(H2,22,23,26). The number of hydrogen-bond donors (Lipinski definition) is 2. The maximum absolute atomic E-state index is 13.6. The lowest BCUT2D eigenvalue weighted by Gasteiger charge is -2.28. The highest BCUT2D eigenvalue weighted by atomic mass is 19.1. The van der Waals surface area contributed by atoms with E-state index in [1.807, 2.05) is 0 Å². The molecule has 3 amide bonds. The van der Waals surface area contributed by atoms with Crippen LogP contribution in [-0.4, -0.2) is 25.6 Å². The minimum Gasteiger partial charge on any atom is -0.495 e. The summed E-state index contributed by atoms with van der Waals surface area (Å²) in [5.74, 6) is 0.247. The predicted octanol–water partition coefficient (Wildman–Crippen LogP) is 3.67. The van der Waals surface area contributed by atoms with E-state index in [9.17, 15) is 14.0 Å². The third-order valence-corrected chi connectivity index (χ3v) is 4.45. The highest BCUT2D eigenvalue weighted by Crippen LogP contribution is 2.33. The minimum absolute atomic E-state index is 0.0423. The lowest BCUT2D eigenvalue weighted by atomic mass is 10.1. The first-order valence-corrected chi connectivity index (χ1v) is 8.85. The summed E-state index contributed by atoms with van der Waals surface area (Å²) in [5, 5.41) is 5.33. The van der Waals surface area contributed by atoms with Crippen LogP contribution in [0.3, 0.4) is 0 Å². The minimum atomic E-state index is -0.459. The molecule has 3 rings (SSSR count). The van der Waals surface area contributed by atoms with Gasteiger partial charge in [-0.1, -0.05) is 18.2 Å². The van der Waals surface area contributed by atoms with Gasteiger partial charge in [0.15, 0.2) is 0 Å². The number of ether oxygens (including phenoxy) is 1. The van der Waals surface area contributed by atoms with E-state index in [0.717, 1.165) is 12.8 Å². The molecule has 7 heteroatoms. The van der Waals surface area contributed by atoms with Crippen LogP contribution in [0.4, 0.5) is 20.6 Å². The summed E-state index contributed by atoms with van der Waals surface area (Å²) in [4.78, 5) is 26.1. The summed E-state index contributed by atoms with van der Waals surface area (Å²) in [6, 6.07) is 10.9. The summed E-state index contributed by atoms with van der Waals surface area (Å²) in [5.41, 5.74) is 1.56. The molecule has 2 N–H and O–H groups in total. The smallest absolute Gasteiger partial charge is 0.319 e. The van der Waals surface area contributed by atoms with Crippen molar-refractivity contribution >= 4 is 23.3 Å². The molecule has 1 heterocycles. The third-order valence-electron chi connectivity index (χ3n) is 4.45. The Morgan fingerprint density at radius 2 is 2.04 bits per heavy atom. The molecule has 1 aliphatic rings. The molecule has 1 fully saturated rings. The Hall–Kier alpha value is -3.09. The van der Waals surface area contributed by atoms with Crippen molar-refractivity contribution in [3.8, 4) is 5.75 Å². The van der Waals surface area contributed by atoms with Crippen LogP contribution < -0.4 is 20.3 Å². The van der Waals surface area contributed by atoms with Crippen LogP contribution in [0.2, 0.25) is 0 Å². The lowest BCUT2D eigenvalue weighted by Crippen LogP contribution is -2.35. The number of amides is 3. The van der Waals surface area contributed by atoms with Crippen molar-refractivity contribution in [1.82, 2.24) is 5.32 Å². The van der Waals surface area contributed by atoms with Crippen LogP contribution in [0.25, 0.3) is 0 Å². The number of nitrogens with zero attached hydrogens (tertiary/aromatic N) is 1. The van der Waals surface area contributed by atoms with E-state index in [1.165, 1.54) is 6.07 Å². The lowest BCUT2D eigenvalue weighted by molar-refractivity contribution is -0.119. The van der Waals surface area contributed by atoms with Gasteiger partial charge in [-0.05, 0) is 37.1 Å². The molecule has 0 saturated carbocycles. The van der Waals surface area contributed by atoms with Gasteiger partial charge >= 0.3 is 6.03 Å². The zero-order chi connectivity index (χ0) is 19.2. The average molecular weight is 371 g/mol. The predicted molar refractivity (Wildman–Crippen MR) is 101 cm³/mol. The molecule has 0 radical (unpaired) electrons. The monoisotopic (exact) mass is 371 g/mol. The number of carbonyl (C=O) groups is 2. The van der Waals surface area contributed by atoms with E-state index >= 15 is 0 Å². The van der Waals surface area contributed by atoms with Gasteiger partial charge in [0.05, 0.1) is 12.8 Å². The number of piperidine rings is 1. The van der Waals surface area contributed by atoms with Crippen molar-refractivity contribution in [2.24, 2.45) is 0 Å². The van der Waals surface area contributed by atoms with E-state index in [-0.39, 0.29) is 18.3 Å². The highest BCUT2D eigenvalue weighted by molar-refractivity contribution is 5.97. The number of rotatable bonds is 5. The molecule has 27 heavy (non-hydrogen) atoms. The Balaban J connectivity index is 1.69. The van der Waals surface area contributed by atoms with Crippen molar-refractivity contribution in [2.75, 3.05) is 23.9 Å². The molecule has 1 saturated heterocycles. The van der Waals surface area contributed by atoms with Crippen LogP contribution in [-0.2, 0) is 11.3 Å². The fraction of sp³-hybridized carbons (Fsp3) is 0.300. The maximum Gasteiger partial charge on any atom is 0.319 e. The number of carbonyl (C=O) groups excluding carboxylic acids is 2. The van der Waals surface area contributed by atoms with E-state index in [0.29, 0.717) is 35.7 Å². The number of benzene rings is 2. The summed E-state index contributed by atoms with van der Waals surface area (Å²) in [6.45, 7) is 0.699. The summed E-state index contributed by atoms with van der Waals surface area (Å²) in [7, 11) is 1.54. The van der Waals surface area contributed by atoms with E-state index in [2.05, 4.69) is 10.6 Å². The van der Waals surface area contributed by atoms with E-state index in [1.54, 1.807) is 48.4 Å². The van der Waals surface area contributed by atoms with Gasteiger partial charge in [0.1, 0.15) is 11.6 Å². The summed E-state index contributed by atoms with van der Waals surface area (Å²) < 4.78 is 19.0. The SMILES string of the molecule is COc1ccc(NC(=O)NCc2ccccc2F)cc1N1CCCCC1=O. The van der Waals surface area contributed by atoms with Crippen molar-refractivity contribution in [1.29, 1.82) is 0 Å². The van der Waals surface area contributed by atoms with E-state index in [4.69, 9.17) is 4.74 Å². The normalized spacial score (nSPS) is 14.0. The molecule has 0 spiro atoms.